The van der Waals surface area contributed by atoms with Crippen LogP contribution < -0.4 is 0 Å². The van der Waals surface area contributed by atoms with Crippen molar-refractivity contribution in [2.45, 2.75) is 20.3 Å². The highest BCUT2D eigenvalue weighted by atomic mass is 35.5. The predicted octanol–water partition coefficient (Wildman–Crippen LogP) is 3.28. The molecule has 0 aromatic heterocycles. The zero-order chi connectivity index (χ0) is 14.3. The minimum Gasteiger partial charge on any atom is -0.466 e. The van der Waals surface area contributed by atoms with E-state index in [1.54, 1.807) is 0 Å². The first kappa shape index (κ1) is 15.6. The molecule has 0 atom stereocenters. The van der Waals surface area contributed by atoms with Crippen LogP contribution in [0, 0.1) is 0 Å². The maximum Gasteiger partial charge on any atom is 0.335 e. The lowest BCUT2D eigenvalue weighted by Gasteiger charge is -2.17. The number of methoxy groups -OCH3 is 1. The fraction of sp³-hybridized carbons (Fsp3) is 0.400. The Balaban J connectivity index is 2.91. The van der Waals surface area contributed by atoms with Crippen molar-refractivity contribution in [1.82, 2.24) is 4.90 Å². The monoisotopic (exact) mass is 281 g/mol. The summed E-state index contributed by atoms with van der Waals surface area (Å²) in [6.45, 7) is 5.82. The Hall–Kier alpha value is -1.48. The molecule has 0 N–H and O–H groups in total. The first-order chi connectivity index (χ1) is 9.10. The molecule has 104 valence electrons. The highest BCUT2D eigenvalue weighted by Gasteiger charge is 2.12. The lowest BCUT2D eigenvalue weighted by Crippen LogP contribution is -2.19. The van der Waals surface area contributed by atoms with Gasteiger partial charge in [0.05, 0.1) is 12.7 Å². The summed E-state index contributed by atoms with van der Waals surface area (Å²) >= 11 is 5.85. The van der Waals surface area contributed by atoms with Gasteiger partial charge in [0.25, 0.3) is 0 Å². The van der Waals surface area contributed by atoms with Crippen LogP contribution in [0.4, 0.5) is 0 Å². The third kappa shape index (κ3) is 4.95. The first-order valence-electron chi connectivity index (χ1n) is 6.38. The average molecular weight is 282 g/mol. The second-order valence-electron chi connectivity index (χ2n) is 4.17. The fourth-order valence-corrected chi connectivity index (χ4v) is 1.88. The summed E-state index contributed by atoms with van der Waals surface area (Å²) in [6, 6.07) is 7.48. The van der Waals surface area contributed by atoms with E-state index < -0.39 is 0 Å². The van der Waals surface area contributed by atoms with Gasteiger partial charge in [-0.25, -0.2) is 4.79 Å². The highest BCUT2D eigenvalue weighted by Crippen LogP contribution is 2.14. The molecular weight excluding hydrogens is 262 g/mol. The number of carbonyl (C=O) groups excluding carboxylic acids is 1. The van der Waals surface area contributed by atoms with Crippen molar-refractivity contribution >= 4 is 17.6 Å². The van der Waals surface area contributed by atoms with Crippen LogP contribution >= 0.6 is 11.6 Å². The van der Waals surface area contributed by atoms with Crippen LogP contribution in [-0.2, 0) is 16.0 Å². The summed E-state index contributed by atoms with van der Waals surface area (Å²) in [4.78, 5) is 13.9. The van der Waals surface area contributed by atoms with Gasteiger partial charge in [0, 0.05) is 30.7 Å². The van der Waals surface area contributed by atoms with Crippen molar-refractivity contribution in [3.05, 3.63) is 46.6 Å². The molecule has 0 amide bonds. The number of esters is 1. The summed E-state index contributed by atoms with van der Waals surface area (Å²) in [5, 5.41) is 0.691. The Morgan fingerprint density at radius 2 is 1.84 bits per heavy atom. The topological polar surface area (TPSA) is 29.5 Å². The third-order valence-electron chi connectivity index (χ3n) is 2.91. The van der Waals surface area contributed by atoms with Crippen LogP contribution in [0.2, 0.25) is 5.02 Å². The van der Waals surface area contributed by atoms with E-state index in [4.69, 9.17) is 16.3 Å². The van der Waals surface area contributed by atoms with Gasteiger partial charge in [-0.2, -0.15) is 0 Å². The molecule has 1 aromatic carbocycles. The lowest BCUT2D eigenvalue weighted by atomic mass is 10.1. The number of hydrogen-bond donors (Lipinski definition) is 0. The molecule has 1 rings (SSSR count). The molecule has 0 aliphatic carbocycles. The van der Waals surface area contributed by atoms with Gasteiger partial charge in [-0.15, -0.1) is 0 Å². The molecule has 1 aromatic rings. The van der Waals surface area contributed by atoms with Gasteiger partial charge in [0.15, 0.2) is 0 Å². The minimum absolute atomic E-state index is 0.290. The van der Waals surface area contributed by atoms with E-state index >= 15 is 0 Å². The molecule has 0 spiro atoms. The van der Waals surface area contributed by atoms with E-state index in [2.05, 4.69) is 18.7 Å². The summed E-state index contributed by atoms with van der Waals surface area (Å²) in [6.07, 6.45) is 2.42. The standard InChI is InChI=1S/C15H20ClNO2/c1-4-17(5-2)11-13(15(18)19-3)10-12-6-8-14(16)9-7-12/h6-9,11H,4-5,10H2,1-3H3/b13-11+. The molecule has 0 aliphatic heterocycles. The van der Waals surface area contributed by atoms with E-state index in [1.807, 2.05) is 30.5 Å². The quantitative estimate of drug-likeness (QED) is 0.592. The van der Waals surface area contributed by atoms with E-state index in [0.29, 0.717) is 17.0 Å². The maximum absolute atomic E-state index is 11.8. The van der Waals surface area contributed by atoms with Gasteiger partial charge in [0.1, 0.15) is 0 Å². The van der Waals surface area contributed by atoms with Crippen LogP contribution in [0.5, 0.6) is 0 Å². The van der Waals surface area contributed by atoms with Crippen LogP contribution in [-0.4, -0.2) is 31.1 Å². The van der Waals surface area contributed by atoms with Crippen molar-refractivity contribution < 1.29 is 9.53 Å². The molecule has 0 saturated carbocycles. The number of benzene rings is 1. The third-order valence-corrected chi connectivity index (χ3v) is 3.16. The fourth-order valence-electron chi connectivity index (χ4n) is 1.75. The van der Waals surface area contributed by atoms with Crippen molar-refractivity contribution in [3.63, 3.8) is 0 Å². The number of rotatable bonds is 6. The van der Waals surface area contributed by atoms with Crippen LogP contribution in [0.3, 0.4) is 0 Å². The zero-order valence-corrected chi connectivity index (χ0v) is 12.4. The van der Waals surface area contributed by atoms with Gasteiger partial charge < -0.3 is 9.64 Å². The van der Waals surface area contributed by atoms with Crippen LogP contribution in [0.25, 0.3) is 0 Å². The van der Waals surface area contributed by atoms with Gasteiger partial charge in [-0.3, -0.25) is 0 Å². The maximum atomic E-state index is 11.8. The predicted molar refractivity (Wildman–Crippen MR) is 78.2 cm³/mol. The molecule has 0 fully saturated rings. The first-order valence-corrected chi connectivity index (χ1v) is 6.76. The number of ether oxygens (including phenoxy) is 1. The Bertz CT molecular complexity index is 436. The normalized spacial score (nSPS) is 11.3. The molecule has 19 heavy (non-hydrogen) atoms. The molecule has 0 unspecified atom stereocenters. The molecule has 0 saturated heterocycles. The second-order valence-corrected chi connectivity index (χ2v) is 4.61. The smallest absolute Gasteiger partial charge is 0.335 e. The molecule has 3 nitrogen and oxygen atoms in total. The van der Waals surface area contributed by atoms with Gasteiger partial charge in [-0.05, 0) is 31.5 Å². The summed E-state index contributed by atoms with van der Waals surface area (Å²) < 4.78 is 4.84. The summed E-state index contributed by atoms with van der Waals surface area (Å²) in [5.74, 6) is -0.290. The van der Waals surface area contributed by atoms with Crippen LogP contribution in [0.1, 0.15) is 19.4 Å². The molecule has 0 heterocycles. The summed E-state index contributed by atoms with van der Waals surface area (Å²) in [5.41, 5.74) is 1.68. The van der Waals surface area contributed by atoms with E-state index in [9.17, 15) is 4.79 Å². The Morgan fingerprint density at radius 3 is 2.32 bits per heavy atom. The van der Waals surface area contributed by atoms with Gasteiger partial charge >= 0.3 is 5.97 Å². The van der Waals surface area contributed by atoms with Crippen molar-refractivity contribution in [2.75, 3.05) is 20.2 Å². The Morgan fingerprint density at radius 1 is 1.26 bits per heavy atom. The molecule has 0 bridgehead atoms. The van der Waals surface area contributed by atoms with Crippen molar-refractivity contribution in [2.24, 2.45) is 0 Å². The molecule has 0 radical (unpaired) electrons. The number of carbonyl (C=O) groups is 1. The highest BCUT2D eigenvalue weighted by molar-refractivity contribution is 6.30. The van der Waals surface area contributed by atoms with Gasteiger partial charge in [-0.1, -0.05) is 23.7 Å². The largest absolute Gasteiger partial charge is 0.466 e. The molecule has 0 aliphatic rings. The van der Waals surface area contributed by atoms with E-state index in [0.717, 1.165) is 18.7 Å². The Labute approximate surface area is 119 Å². The SMILES string of the molecule is CCN(/C=C(\Cc1ccc(Cl)cc1)C(=O)OC)CC. The van der Waals surface area contributed by atoms with Crippen molar-refractivity contribution in [1.29, 1.82) is 0 Å². The van der Waals surface area contributed by atoms with Crippen LogP contribution in [0.15, 0.2) is 36.0 Å². The second kappa shape index (κ2) is 7.85. The van der Waals surface area contributed by atoms with Gasteiger partial charge in [0.2, 0.25) is 0 Å². The molecular formula is C15H20ClNO2. The number of nitrogens with zero attached hydrogens (tertiary/aromatic N) is 1. The lowest BCUT2D eigenvalue weighted by molar-refractivity contribution is -0.136. The Kier molecular flexibility index (Phi) is 6.43. The number of hydrogen-bond acceptors (Lipinski definition) is 3. The summed E-state index contributed by atoms with van der Waals surface area (Å²) in [7, 11) is 1.40. The zero-order valence-electron chi connectivity index (χ0n) is 11.6. The minimum atomic E-state index is -0.290. The van der Waals surface area contributed by atoms with Crippen molar-refractivity contribution in [3.8, 4) is 0 Å². The van der Waals surface area contributed by atoms with E-state index in [-0.39, 0.29) is 5.97 Å². The molecule has 4 heteroatoms. The number of halogens is 1. The van der Waals surface area contributed by atoms with E-state index in [1.165, 1.54) is 7.11 Å². The average Bonchev–Trinajstić information content (AvgIpc) is 2.44.